The number of aliphatic imine (C=N–C) groups is 3. The van der Waals surface area contributed by atoms with E-state index in [-0.39, 0.29) is 18.3 Å². The van der Waals surface area contributed by atoms with Crippen molar-refractivity contribution in [2.45, 2.75) is 72.5 Å². The van der Waals surface area contributed by atoms with E-state index in [9.17, 15) is 15.0 Å². The molecule has 2 atom stereocenters. The molecule has 48 heavy (non-hydrogen) atoms. The number of carboxylic acids is 1. The monoisotopic (exact) mass is 658 g/mol. The molecule has 0 unspecified atom stereocenters. The zero-order valence-electron chi connectivity index (χ0n) is 28.3. The molecule has 7 rings (SSSR count). The minimum Gasteiger partial charge on any atom is -0.511 e. The number of thioether (sulfide) groups is 1. The zero-order chi connectivity index (χ0) is 33.7. The first kappa shape index (κ1) is 32.1. The Morgan fingerprint density at radius 1 is 0.958 bits per heavy atom. The first-order chi connectivity index (χ1) is 23.1. The van der Waals surface area contributed by atoms with Crippen LogP contribution in [-0.4, -0.2) is 39.1 Å². The Bertz CT molecular complexity index is 1980. The van der Waals surface area contributed by atoms with Crippen molar-refractivity contribution in [3.8, 4) is 0 Å². The molecular weight excluding hydrogens is 617 g/mol. The number of aliphatic hydroxyl groups is 1. The first-order valence-electron chi connectivity index (χ1n) is 16.9. The van der Waals surface area contributed by atoms with Crippen LogP contribution in [0.15, 0.2) is 137 Å². The SMILES string of the molecule is CCC1=C(C)C2=NC1=CC1=C(C)C3=C(O)CC(=C4NC(=CC5=NC(=C2)C(CCSCc2ccccc2)=C5C)[C@@H](C)[C@@H]4CCC(=O)O)C3=N1. The number of nitrogens with one attached hydrogen (secondary N) is 1. The van der Waals surface area contributed by atoms with Crippen LogP contribution in [0.2, 0.25) is 0 Å². The second-order valence-electron chi connectivity index (χ2n) is 13.3. The van der Waals surface area contributed by atoms with Crippen LogP contribution in [0.3, 0.4) is 0 Å². The second-order valence-corrected chi connectivity index (χ2v) is 14.4. The lowest BCUT2D eigenvalue weighted by Gasteiger charge is -2.17. The van der Waals surface area contributed by atoms with E-state index in [1.165, 1.54) is 16.7 Å². The molecule has 0 aromatic heterocycles. The van der Waals surface area contributed by atoms with Crippen molar-refractivity contribution in [2.75, 3.05) is 5.75 Å². The number of carbonyl (C=O) groups is 1. The third-order valence-electron chi connectivity index (χ3n) is 10.5. The van der Waals surface area contributed by atoms with Crippen molar-refractivity contribution in [3.63, 3.8) is 0 Å². The van der Waals surface area contributed by atoms with Gasteiger partial charge in [-0.05, 0) is 97.4 Å². The summed E-state index contributed by atoms with van der Waals surface area (Å²) in [7, 11) is 0. The number of hydrogen-bond acceptors (Lipinski definition) is 7. The number of rotatable bonds is 9. The fourth-order valence-corrected chi connectivity index (χ4v) is 8.61. The van der Waals surface area contributed by atoms with Crippen LogP contribution in [0.25, 0.3) is 0 Å². The zero-order valence-corrected chi connectivity index (χ0v) is 29.1. The predicted octanol–water partition coefficient (Wildman–Crippen LogP) is 8.85. The molecule has 1 saturated heterocycles. The molecule has 3 N–H and O–H groups in total. The number of hydrogen-bond donors (Lipinski definition) is 3. The quantitative estimate of drug-likeness (QED) is 0.230. The van der Waals surface area contributed by atoms with E-state index in [0.717, 1.165) is 97.8 Å². The van der Waals surface area contributed by atoms with Crippen molar-refractivity contribution in [1.82, 2.24) is 5.32 Å². The standard InChI is InChI=1S/C40H42N4O3S/c1-6-26-21(2)31-18-35-27(14-15-48-20-25-10-8-7-9-11-25)22(3)30(42-35)17-32-23(4)28(12-13-37(46)47)39(43-32)29-16-36(45)38-24(5)33(44-40(29)38)19-34(26)41-31/h7-11,17-19,23,28,43,45H,6,12-16,20H2,1-5H3,(H,46,47)/t23-,28-/m0/s1. The Balaban J connectivity index is 1.34. The van der Waals surface area contributed by atoms with Crippen LogP contribution in [0.1, 0.15) is 72.3 Å². The lowest BCUT2D eigenvalue weighted by Crippen LogP contribution is -2.15. The van der Waals surface area contributed by atoms with E-state index in [0.29, 0.717) is 18.6 Å². The fourth-order valence-electron chi connectivity index (χ4n) is 7.69. The number of allylic oxidation sites excluding steroid dienone is 12. The van der Waals surface area contributed by atoms with Crippen molar-refractivity contribution >= 4 is 34.9 Å². The Kier molecular flexibility index (Phi) is 8.62. The number of aliphatic hydroxyl groups excluding tert-OH is 1. The van der Waals surface area contributed by atoms with E-state index < -0.39 is 5.97 Å². The van der Waals surface area contributed by atoms with Gasteiger partial charge in [-0.1, -0.05) is 44.2 Å². The van der Waals surface area contributed by atoms with Gasteiger partial charge in [-0.25, -0.2) is 15.0 Å². The van der Waals surface area contributed by atoms with Gasteiger partial charge in [-0.15, -0.1) is 0 Å². The summed E-state index contributed by atoms with van der Waals surface area (Å²) in [6.45, 7) is 10.6. The van der Waals surface area contributed by atoms with Crippen molar-refractivity contribution in [3.05, 3.63) is 127 Å². The summed E-state index contributed by atoms with van der Waals surface area (Å²) in [6.07, 6.45) is 9.03. The van der Waals surface area contributed by atoms with Crippen molar-refractivity contribution in [2.24, 2.45) is 26.8 Å². The molecule has 246 valence electrons. The van der Waals surface area contributed by atoms with Crippen LogP contribution in [0.5, 0.6) is 0 Å². The molecule has 5 aliphatic heterocycles. The van der Waals surface area contributed by atoms with E-state index in [4.69, 9.17) is 15.0 Å². The average molecular weight is 659 g/mol. The molecule has 1 fully saturated rings. The van der Waals surface area contributed by atoms with Gasteiger partial charge < -0.3 is 15.5 Å². The summed E-state index contributed by atoms with van der Waals surface area (Å²) in [5, 5.41) is 24.6. The highest BCUT2D eigenvalue weighted by molar-refractivity contribution is 7.98. The first-order valence-corrected chi connectivity index (χ1v) is 18.1. The fraction of sp³-hybridized carbons (Fsp3) is 0.350. The van der Waals surface area contributed by atoms with Gasteiger partial charge in [0.25, 0.3) is 0 Å². The molecule has 8 heteroatoms. The number of benzene rings is 1. The van der Waals surface area contributed by atoms with Gasteiger partial charge >= 0.3 is 5.97 Å². The lowest BCUT2D eigenvalue weighted by molar-refractivity contribution is -0.137. The highest BCUT2D eigenvalue weighted by atomic mass is 32.2. The molecular formula is C40H42N4O3S. The Morgan fingerprint density at radius 3 is 2.40 bits per heavy atom. The third kappa shape index (κ3) is 5.70. The summed E-state index contributed by atoms with van der Waals surface area (Å²) in [5.41, 5.74) is 16.0. The van der Waals surface area contributed by atoms with Crippen LogP contribution < -0.4 is 5.32 Å². The summed E-state index contributed by atoms with van der Waals surface area (Å²) in [5.74, 6) is 1.43. The lowest BCUT2D eigenvalue weighted by atomic mass is 9.86. The Hall–Kier alpha value is -4.43. The molecule has 8 bridgehead atoms. The smallest absolute Gasteiger partial charge is 0.303 e. The average Bonchev–Trinajstić information content (AvgIpc) is 3.81. The minimum atomic E-state index is -0.810. The van der Waals surface area contributed by atoms with Gasteiger partial charge in [0.05, 0.1) is 34.2 Å². The van der Waals surface area contributed by atoms with E-state index in [2.05, 4.69) is 81.6 Å². The van der Waals surface area contributed by atoms with Gasteiger partial charge in [-0.3, -0.25) is 4.79 Å². The second kappa shape index (κ2) is 12.9. The maximum absolute atomic E-state index is 11.7. The molecule has 7 nitrogen and oxygen atoms in total. The topological polar surface area (TPSA) is 107 Å². The Morgan fingerprint density at radius 2 is 1.67 bits per heavy atom. The van der Waals surface area contributed by atoms with Crippen molar-refractivity contribution in [1.29, 1.82) is 0 Å². The van der Waals surface area contributed by atoms with Crippen molar-refractivity contribution < 1.29 is 15.0 Å². The largest absolute Gasteiger partial charge is 0.511 e. The van der Waals surface area contributed by atoms with Crippen LogP contribution in [0, 0.1) is 11.8 Å². The van der Waals surface area contributed by atoms with E-state index in [1.807, 2.05) is 18.7 Å². The molecule has 1 aromatic rings. The van der Waals surface area contributed by atoms with Crippen LogP contribution >= 0.6 is 11.8 Å². The van der Waals surface area contributed by atoms with Gasteiger partial charge in [0, 0.05) is 53.0 Å². The summed E-state index contributed by atoms with van der Waals surface area (Å²) in [6, 6.07) is 10.6. The number of fused-ring (bicyclic) bond motifs is 5. The van der Waals surface area contributed by atoms with Crippen LogP contribution in [0.4, 0.5) is 0 Å². The summed E-state index contributed by atoms with van der Waals surface area (Å²) < 4.78 is 0. The van der Waals surface area contributed by atoms with Gasteiger partial charge in [0.15, 0.2) is 0 Å². The van der Waals surface area contributed by atoms with Gasteiger partial charge in [-0.2, -0.15) is 11.8 Å². The maximum atomic E-state index is 11.7. The number of carboxylic acid groups (broad SMARTS) is 1. The minimum absolute atomic E-state index is 0.0393. The number of nitrogens with zero attached hydrogens (tertiary/aromatic N) is 3. The molecule has 1 aromatic carbocycles. The predicted molar refractivity (Wildman–Crippen MR) is 196 cm³/mol. The maximum Gasteiger partial charge on any atom is 0.303 e. The molecule has 0 saturated carbocycles. The van der Waals surface area contributed by atoms with Gasteiger partial charge in [0.1, 0.15) is 5.76 Å². The van der Waals surface area contributed by atoms with Crippen LogP contribution in [-0.2, 0) is 10.5 Å². The molecule has 0 radical (unpaired) electrons. The highest BCUT2D eigenvalue weighted by Crippen LogP contribution is 2.46. The Labute approximate surface area is 286 Å². The van der Waals surface area contributed by atoms with E-state index >= 15 is 0 Å². The molecule has 5 heterocycles. The normalized spacial score (nSPS) is 23.1. The third-order valence-corrected chi connectivity index (χ3v) is 11.5. The number of aliphatic carboxylic acids is 1. The van der Waals surface area contributed by atoms with E-state index in [1.54, 1.807) is 0 Å². The summed E-state index contributed by atoms with van der Waals surface area (Å²) in [4.78, 5) is 27.3. The molecule has 6 aliphatic rings. The summed E-state index contributed by atoms with van der Waals surface area (Å²) >= 11 is 1.93. The molecule has 0 spiro atoms. The molecule has 1 aliphatic carbocycles. The molecule has 0 amide bonds. The van der Waals surface area contributed by atoms with Gasteiger partial charge in [0.2, 0.25) is 0 Å². The highest BCUT2D eigenvalue weighted by Gasteiger charge is 2.41.